The first-order valence-corrected chi connectivity index (χ1v) is 9.07. The SMILES string of the molecule is O=C(Cc1ccccc1)NC1(C2CCCCC2=O)CCCCC1. The fourth-order valence-electron chi connectivity index (χ4n) is 4.41. The van der Waals surface area contributed by atoms with Crippen LogP contribution in [0.2, 0.25) is 0 Å². The van der Waals surface area contributed by atoms with Crippen LogP contribution in [0.1, 0.15) is 63.4 Å². The van der Waals surface area contributed by atoms with Gasteiger partial charge in [-0.25, -0.2) is 0 Å². The molecule has 124 valence electrons. The molecule has 2 saturated carbocycles. The molecule has 0 saturated heterocycles. The minimum atomic E-state index is -0.276. The number of carbonyl (C=O) groups is 2. The lowest BCUT2D eigenvalue weighted by Crippen LogP contribution is -2.58. The Bertz CT molecular complexity index is 546. The molecule has 0 bridgehead atoms. The van der Waals surface area contributed by atoms with E-state index < -0.39 is 0 Å². The van der Waals surface area contributed by atoms with Crippen molar-refractivity contribution in [2.45, 2.75) is 69.7 Å². The Hall–Kier alpha value is -1.64. The van der Waals surface area contributed by atoms with Gasteiger partial charge in [0.15, 0.2) is 0 Å². The lowest BCUT2D eigenvalue weighted by Gasteiger charge is -2.45. The quantitative estimate of drug-likeness (QED) is 0.919. The number of Topliss-reactive ketones (excluding diaryl/α,β-unsaturated/α-hetero) is 1. The molecule has 1 N–H and O–H groups in total. The summed E-state index contributed by atoms with van der Waals surface area (Å²) in [5.74, 6) is 0.478. The third-order valence-corrected chi connectivity index (χ3v) is 5.56. The maximum Gasteiger partial charge on any atom is 0.224 e. The maximum atomic E-state index is 12.6. The van der Waals surface area contributed by atoms with Crippen molar-refractivity contribution in [2.75, 3.05) is 0 Å². The first kappa shape index (κ1) is 16.2. The lowest BCUT2D eigenvalue weighted by molar-refractivity contribution is -0.131. The average Bonchev–Trinajstić information content (AvgIpc) is 2.57. The minimum Gasteiger partial charge on any atom is -0.350 e. The molecule has 2 aliphatic rings. The van der Waals surface area contributed by atoms with Crippen LogP contribution < -0.4 is 5.32 Å². The molecule has 1 unspecified atom stereocenters. The number of carbonyl (C=O) groups excluding carboxylic acids is 2. The number of benzene rings is 1. The highest BCUT2D eigenvalue weighted by molar-refractivity contribution is 5.85. The number of nitrogens with one attached hydrogen (secondary N) is 1. The summed E-state index contributed by atoms with van der Waals surface area (Å²) in [6.45, 7) is 0. The van der Waals surface area contributed by atoms with Gasteiger partial charge in [-0.3, -0.25) is 9.59 Å². The second-order valence-corrected chi connectivity index (χ2v) is 7.19. The Morgan fingerprint density at radius 2 is 1.78 bits per heavy atom. The molecular weight excluding hydrogens is 286 g/mol. The summed E-state index contributed by atoms with van der Waals surface area (Å²) in [7, 11) is 0. The number of hydrogen-bond acceptors (Lipinski definition) is 2. The first-order valence-electron chi connectivity index (χ1n) is 9.07. The second kappa shape index (κ2) is 7.29. The van der Waals surface area contributed by atoms with Crippen LogP contribution in [-0.4, -0.2) is 17.2 Å². The third-order valence-electron chi connectivity index (χ3n) is 5.56. The van der Waals surface area contributed by atoms with Gasteiger partial charge in [-0.2, -0.15) is 0 Å². The van der Waals surface area contributed by atoms with Crippen molar-refractivity contribution in [3.63, 3.8) is 0 Å². The molecular formula is C20H27NO2. The zero-order valence-electron chi connectivity index (χ0n) is 13.9. The third kappa shape index (κ3) is 3.82. The van der Waals surface area contributed by atoms with Gasteiger partial charge in [-0.05, 0) is 31.2 Å². The minimum absolute atomic E-state index is 0.0382. The lowest BCUT2D eigenvalue weighted by atomic mass is 9.67. The molecule has 2 aliphatic carbocycles. The van der Waals surface area contributed by atoms with Crippen LogP contribution in [0.15, 0.2) is 30.3 Å². The summed E-state index contributed by atoms with van der Waals surface area (Å²) in [4.78, 5) is 25.1. The van der Waals surface area contributed by atoms with Crippen molar-refractivity contribution in [3.8, 4) is 0 Å². The summed E-state index contributed by atoms with van der Waals surface area (Å²) in [6, 6.07) is 9.86. The second-order valence-electron chi connectivity index (χ2n) is 7.19. The fourth-order valence-corrected chi connectivity index (χ4v) is 4.41. The maximum absolute atomic E-state index is 12.6. The molecule has 2 fully saturated rings. The molecule has 23 heavy (non-hydrogen) atoms. The molecule has 1 aromatic carbocycles. The Kier molecular flexibility index (Phi) is 5.14. The Labute approximate surface area is 138 Å². The Balaban J connectivity index is 1.73. The summed E-state index contributed by atoms with van der Waals surface area (Å²) >= 11 is 0. The summed E-state index contributed by atoms with van der Waals surface area (Å²) in [5.41, 5.74) is 0.757. The van der Waals surface area contributed by atoms with E-state index >= 15 is 0 Å². The average molecular weight is 313 g/mol. The van der Waals surface area contributed by atoms with Gasteiger partial charge in [0.25, 0.3) is 0 Å². The van der Waals surface area contributed by atoms with E-state index in [1.165, 1.54) is 6.42 Å². The number of hydrogen-bond donors (Lipinski definition) is 1. The number of amides is 1. The van der Waals surface area contributed by atoms with E-state index in [4.69, 9.17) is 0 Å². The summed E-state index contributed by atoms with van der Waals surface area (Å²) in [5, 5.41) is 3.32. The van der Waals surface area contributed by atoms with E-state index in [0.29, 0.717) is 18.6 Å². The van der Waals surface area contributed by atoms with Gasteiger partial charge in [0.2, 0.25) is 5.91 Å². The zero-order chi connectivity index (χ0) is 16.1. The fraction of sp³-hybridized carbons (Fsp3) is 0.600. The van der Waals surface area contributed by atoms with Crippen LogP contribution >= 0.6 is 0 Å². The molecule has 3 heteroatoms. The van der Waals surface area contributed by atoms with Gasteiger partial charge in [-0.15, -0.1) is 0 Å². The van der Waals surface area contributed by atoms with E-state index in [-0.39, 0.29) is 17.4 Å². The topological polar surface area (TPSA) is 46.2 Å². The summed E-state index contributed by atoms with van der Waals surface area (Å²) in [6.07, 6.45) is 9.57. The predicted molar refractivity (Wildman–Crippen MR) is 91.1 cm³/mol. The van der Waals surface area contributed by atoms with Crippen molar-refractivity contribution in [2.24, 2.45) is 5.92 Å². The van der Waals surface area contributed by atoms with Gasteiger partial charge < -0.3 is 5.32 Å². The van der Waals surface area contributed by atoms with E-state index in [1.54, 1.807) is 0 Å². The van der Waals surface area contributed by atoms with Gasteiger partial charge in [0.1, 0.15) is 5.78 Å². The monoisotopic (exact) mass is 313 g/mol. The normalized spacial score (nSPS) is 24.2. The molecule has 3 nitrogen and oxygen atoms in total. The van der Waals surface area contributed by atoms with Gasteiger partial charge >= 0.3 is 0 Å². The van der Waals surface area contributed by atoms with Crippen LogP contribution in [0.3, 0.4) is 0 Å². The molecule has 1 atom stereocenters. The first-order chi connectivity index (χ1) is 11.2. The largest absolute Gasteiger partial charge is 0.350 e. The molecule has 0 radical (unpaired) electrons. The number of rotatable bonds is 4. The van der Waals surface area contributed by atoms with Crippen LogP contribution in [0.5, 0.6) is 0 Å². The molecule has 0 aromatic heterocycles. The van der Waals surface area contributed by atoms with E-state index in [0.717, 1.165) is 50.5 Å². The van der Waals surface area contributed by atoms with Crippen molar-refractivity contribution in [3.05, 3.63) is 35.9 Å². The molecule has 0 aliphatic heterocycles. The zero-order valence-corrected chi connectivity index (χ0v) is 13.9. The van der Waals surface area contributed by atoms with Crippen LogP contribution in [0.4, 0.5) is 0 Å². The van der Waals surface area contributed by atoms with Crippen molar-refractivity contribution in [1.82, 2.24) is 5.32 Å². The molecule has 1 amide bonds. The van der Waals surface area contributed by atoms with Crippen molar-refractivity contribution >= 4 is 11.7 Å². The smallest absolute Gasteiger partial charge is 0.224 e. The molecule has 3 rings (SSSR count). The highest BCUT2D eigenvalue weighted by Crippen LogP contribution is 2.40. The van der Waals surface area contributed by atoms with Gasteiger partial charge in [-0.1, -0.05) is 56.0 Å². The van der Waals surface area contributed by atoms with E-state index in [9.17, 15) is 9.59 Å². The Morgan fingerprint density at radius 1 is 1.04 bits per heavy atom. The van der Waals surface area contributed by atoms with Crippen LogP contribution in [-0.2, 0) is 16.0 Å². The van der Waals surface area contributed by atoms with Gasteiger partial charge in [0, 0.05) is 17.9 Å². The standard InChI is InChI=1S/C20H27NO2/c22-18-12-6-5-11-17(18)20(13-7-2-8-14-20)21-19(23)15-16-9-3-1-4-10-16/h1,3-4,9-10,17H,2,5-8,11-15H2,(H,21,23). The van der Waals surface area contributed by atoms with Crippen molar-refractivity contribution in [1.29, 1.82) is 0 Å². The van der Waals surface area contributed by atoms with Crippen molar-refractivity contribution < 1.29 is 9.59 Å². The predicted octanol–water partition coefficient (Wildman–Crippen LogP) is 3.81. The Morgan fingerprint density at radius 3 is 2.48 bits per heavy atom. The van der Waals surface area contributed by atoms with Crippen LogP contribution in [0, 0.1) is 5.92 Å². The molecule has 0 heterocycles. The number of ketones is 1. The van der Waals surface area contributed by atoms with E-state index in [2.05, 4.69) is 5.32 Å². The highest BCUT2D eigenvalue weighted by Gasteiger charge is 2.44. The summed E-state index contributed by atoms with van der Waals surface area (Å²) < 4.78 is 0. The molecule has 1 aromatic rings. The van der Waals surface area contributed by atoms with E-state index in [1.807, 2.05) is 30.3 Å². The highest BCUT2D eigenvalue weighted by atomic mass is 16.2. The van der Waals surface area contributed by atoms with Gasteiger partial charge in [0.05, 0.1) is 6.42 Å². The van der Waals surface area contributed by atoms with Crippen LogP contribution in [0.25, 0.3) is 0 Å². The molecule has 0 spiro atoms.